The number of aromatic nitrogens is 2. The molecule has 3 aromatic carbocycles. The third kappa shape index (κ3) is 3.25. The van der Waals surface area contributed by atoms with E-state index in [1.54, 1.807) is 24.5 Å². The molecule has 0 atom stereocenters. The summed E-state index contributed by atoms with van der Waals surface area (Å²) >= 11 is 12.2. The van der Waals surface area contributed by atoms with E-state index in [2.05, 4.69) is 9.97 Å². The number of benzene rings is 3. The standard InChI is InChI=1S/C26H14Cl2N2O2/c27-25(31)21-19-17(15-7-3-1-4-8-15)11-13-29-23(19)24-20(22(21)26(28)32)18(12-14-30-24)16-9-5-2-6-10-16/h1-14H. The van der Waals surface area contributed by atoms with Crippen molar-refractivity contribution in [3.8, 4) is 22.3 Å². The van der Waals surface area contributed by atoms with Gasteiger partial charge in [-0.15, -0.1) is 0 Å². The molecule has 0 spiro atoms. The summed E-state index contributed by atoms with van der Waals surface area (Å²) in [6.45, 7) is 0. The van der Waals surface area contributed by atoms with Gasteiger partial charge in [0.25, 0.3) is 10.5 Å². The molecular weight excluding hydrogens is 443 g/mol. The molecule has 5 rings (SSSR count). The number of hydrogen-bond donors (Lipinski definition) is 0. The van der Waals surface area contributed by atoms with Crippen molar-refractivity contribution in [2.75, 3.05) is 0 Å². The second kappa shape index (κ2) is 8.15. The molecule has 0 aliphatic carbocycles. The highest BCUT2D eigenvalue weighted by molar-refractivity contribution is 6.74. The molecule has 0 N–H and O–H groups in total. The van der Waals surface area contributed by atoms with Gasteiger partial charge >= 0.3 is 0 Å². The van der Waals surface area contributed by atoms with E-state index >= 15 is 0 Å². The molecule has 0 unspecified atom stereocenters. The van der Waals surface area contributed by atoms with Crippen LogP contribution in [0.1, 0.15) is 20.7 Å². The fourth-order valence-electron chi connectivity index (χ4n) is 4.15. The van der Waals surface area contributed by atoms with Crippen LogP contribution in [0.3, 0.4) is 0 Å². The zero-order valence-electron chi connectivity index (χ0n) is 16.5. The van der Waals surface area contributed by atoms with E-state index in [1.165, 1.54) is 0 Å². The number of carbonyl (C=O) groups excluding carboxylic acids is 2. The molecule has 0 bridgehead atoms. The lowest BCUT2D eigenvalue weighted by molar-refractivity contribution is 0.105. The summed E-state index contributed by atoms with van der Waals surface area (Å²) in [6.07, 6.45) is 3.32. The van der Waals surface area contributed by atoms with Crippen LogP contribution in [0, 0.1) is 0 Å². The van der Waals surface area contributed by atoms with Crippen LogP contribution >= 0.6 is 23.2 Å². The molecule has 0 aliphatic rings. The first-order valence-corrected chi connectivity index (χ1v) is 10.6. The maximum Gasteiger partial charge on any atom is 0.253 e. The monoisotopic (exact) mass is 456 g/mol. The molecule has 4 nitrogen and oxygen atoms in total. The Morgan fingerprint density at radius 1 is 0.562 bits per heavy atom. The molecule has 0 radical (unpaired) electrons. The Labute approximate surface area is 193 Å². The number of rotatable bonds is 4. The van der Waals surface area contributed by atoms with Crippen LogP contribution in [0.4, 0.5) is 0 Å². The van der Waals surface area contributed by atoms with Crippen molar-refractivity contribution in [2.45, 2.75) is 0 Å². The topological polar surface area (TPSA) is 59.9 Å². The lowest BCUT2D eigenvalue weighted by Crippen LogP contribution is -2.07. The Bertz CT molecular complexity index is 1400. The summed E-state index contributed by atoms with van der Waals surface area (Å²) in [5.74, 6) is 0. The maximum absolute atomic E-state index is 12.8. The molecule has 0 saturated heterocycles. The summed E-state index contributed by atoms with van der Waals surface area (Å²) < 4.78 is 0. The highest BCUT2D eigenvalue weighted by Gasteiger charge is 2.27. The lowest BCUT2D eigenvalue weighted by Gasteiger charge is -2.17. The molecule has 0 saturated carbocycles. The molecule has 0 amide bonds. The van der Waals surface area contributed by atoms with Gasteiger partial charge in [0, 0.05) is 23.2 Å². The second-order valence-corrected chi connectivity index (χ2v) is 7.88. The Morgan fingerprint density at radius 2 is 0.938 bits per heavy atom. The smallest absolute Gasteiger partial charge is 0.253 e. The van der Waals surface area contributed by atoms with E-state index in [4.69, 9.17) is 23.2 Å². The van der Waals surface area contributed by atoms with Crippen LogP contribution in [0.2, 0.25) is 0 Å². The summed E-state index contributed by atoms with van der Waals surface area (Å²) in [5.41, 5.74) is 4.16. The van der Waals surface area contributed by atoms with Gasteiger partial charge in [0.1, 0.15) is 0 Å². The van der Waals surface area contributed by atoms with Gasteiger partial charge in [-0.2, -0.15) is 0 Å². The molecule has 32 heavy (non-hydrogen) atoms. The highest BCUT2D eigenvalue weighted by Crippen LogP contribution is 2.41. The van der Waals surface area contributed by atoms with Crippen LogP contribution in [0.5, 0.6) is 0 Å². The first-order valence-electron chi connectivity index (χ1n) is 9.82. The Morgan fingerprint density at radius 3 is 1.28 bits per heavy atom. The van der Waals surface area contributed by atoms with Crippen molar-refractivity contribution in [3.63, 3.8) is 0 Å². The lowest BCUT2D eigenvalue weighted by atomic mass is 9.89. The average molecular weight is 457 g/mol. The van der Waals surface area contributed by atoms with Crippen molar-refractivity contribution in [3.05, 3.63) is 96.3 Å². The van der Waals surface area contributed by atoms with Gasteiger partial charge in [-0.25, -0.2) is 0 Å². The number of nitrogens with zero attached hydrogens (tertiary/aromatic N) is 2. The Balaban J connectivity index is 2.06. The zero-order valence-corrected chi connectivity index (χ0v) is 18.1. The van der Waals surface area contributed by atoms with Crippen LogP contribution in [-0.2, 0) is 0 Å². The van der Waals surface area contributed by atoms with Gasteiger partial charge < -0.3 is 0 Å². The SMILES string of the molecule is O=C(Cl)c1c(C(=O)Cl)c2c(-c3ccccc3)ccnc2c2nccc(-c3ccccc3)c12. The zero-order chi connectivity index (χ0) is 22.2. The van der Waals surface area contributed by atoms with Gasteiger partial charge in [0.15, 0.2) is 0 Å². The number of hydrogen-bond acceptors (Lipinski definition) is 4. The maximum atomic E-state index is 12.8. The minimum absolute atomic E-state index is 0.0336. The van der Waals surface area contributed by atoms with Crippen molar-refractivity contribution in [1.82, 2.24) is 9.97 Å². The van der Waals surface area contributed by atoms with Crippen LogP contribution in [0.15, 0.2) is 85.2 Å². The second-order valence-electron chi connectivity index (χ2n) is 7.19. The number of carbonyl (C=O) groups is 2. The van der Waals surface area contributed by atoms with Crippen molar-refractivity contribution in [2.24, 2.45) is 0 Å². The molecule has 6 heteroatoms. The van der Waals surface area contributed by atoms with Gasteiger partial charge in [0.05, 0.1) is 22.2 Å². The van der Waals surface area contributed by atoms with E-state index in [-0.39, 0.29) is 11.1 Å². The Hall–Kier alpha value is -3.60. The van der Waals surface area contributed by atoms with Gasteiger partial charge in [-0.1, -0.05) is 60.7 Å². The predicted octanol–water partition coefficient (Wildman–Crippen LogP) is 6.88. The Kier molecular flexibility index (Phi) is 5.17. The minimum atomic E-state index is -0.783. The summed E-state index contributed by atoms with van der Waals surface area (Å²) in [6, 6.07) is 22.6. The highest BCUT2D eigenvalue weighted by atomic mass is 35.5. The first kappa shape index (κ1) is 20.3. The van der Waals surface area contributed by atoms with Gasteiger partial charge in [-0.3, -0.25) is 19.6 Å². The third-order valence-corrected chi connectivity index (χ3v) is 5.82. The van der Waals surface area contributed by atoms with Crippen molar-refractivity contribution < 1.29 is 9.59 Å². The predicted molar refractivity (Wildman–Crippen MR) is 128 cm³/mol. The fraction of sp³-hybridized carbons (Fsp3) is 0. The molecule has 154 valence electrons. The van der Waals surface area contributed by atoms with Crippen molar-refractivity contribution in [1.29, 1.82) is 0 Å². The molecule has 0 aliphatic heterocycles. The van der Waals surface area contributed by atoms with Crippen LogP contribution < -0.4 is 0 Å². The molecule has 5 aromatic rings. The average Bonchev–Trinajstić information content (AvgIpc) is 2.83. The molecule has 0 fully saturated rings. The number of fused-ring (bicyclic) bond motifs is 3. The molecule has 2 aromatic heterocycles. The van der Waals surface area contributed by atoms with Crippen molar-refractivity contribution >= 4 is 55.5 Å². The third-order valence-electron chi connectivity index (χ3n) is 5.44. The first-order chi connectivity index (χ1) is 15.6. The molecule has 2 heterocycles. The van der Waals surface area contributed by atoms with Gasteiger partial charge in [-0.05, 0) is 57.6 Å². The van der Waals surface area contributed by atoms with E-state index in [0.717, 1.165) is 11.1 Å². The number of halogens is 2. The minimum Gasteiger partial charge on any atom is -0.276 e. The quantitative estimate of drug-likeness (QED) is 0.218. The molecular formula is C26H14Cl2N2O2. The number of pyridine rings is 2. The summed E-state index contributed by atoms with van der Waals surface area (Å²) in [5, 5.41) is -0.663. The van der Waals surface area contributed by atoms with Crippen LogP contribution in [0.25, 0.3) is 44.1 Å². The largest absolute Gasteiger partial charge is 0.276 e. The van der Waals surface area contributed by atoms with E-state index in [1.807, 2.05) is 60.7 Å². The van der Waals surface area contributed by atoms with E-state index in [0.29, 0.717) is 32.9 Å². The normalized spacial score (nSPS) is 11.1. The van der Waals surface area contributed by atoms with Crippen LogP contribution in [-0.4, -0.2) is 20.5 Å². The van der Waals surface area contributed by atoms with E-state index < -0.39 is 10.5 Å². The van der Waals surface area contributed by atoms with Gasteiger partial charge in [0.2, 0.25) is 0 Å². The summed E-state index contributed by atoms with van der Waals surface area (Å²) in [4.78, 5) is 34.6. The fourth-order valence-corrected chi connectivity index (χ4v) is 4.53. The van der Waals surface area contributed by atoms with E-state index in [9.17, 15) is 9.59 Å². The summed E-state index contributed by atoms with van der Waals surface area (Å²) in [7, 11) is 0.